The average molecular weight is 312 g/mol. The van der Waals surface area contributed by atoms with Crippen LogP contribution in [0.25, 0.3) is 11.4 Å². The van der Waals surface area contributed by atoms with Gasteiger partial charge in [0.2, 0.25) is 11.8 Å². The van der Waals surface area contributed by atoms with Crippen LogP contribution in [0.2, 0.25) is 0 Å². The third kappa shape index (κ3) is 3.77. The Kier molecular flexibility index (Phi) is 4.71. The molecule has 0 unspecified atom stereocenters. The van der Waals surface area contributed by atoms with Crippen LogP contribution < -0.4 is 10.6 Å². The molecule has 1 aromatic carbocycles. The van der Waals surface area contributed by atoms with E-state index in [1.165, 1.54) is 0 Å². The fourth-order valence-electron chi connectivity index (χ4n) is 2.76. The molecule has 3 rings (SSSR count). The van der Waals surface area contributed by atoms with Crippen LogP contribution in [0.3, 0.4) is 0 Å². The predicted octanol–water partition coefficient (Wildman–Crippen LogP) is 1.33. The minimum Gasteiger partial charge on any atom is -0.354 e. The topological polar surface area (TPSA) is 76.0 Å². The molecule has 1 fully saturated rings. The van der Waals surface area contributed by atoms with Crippen LogP contribution in [0, 0.1) is 0 Å². The number of carbonyl (C=O) groups is 2. The molecule has 0 aliphatic carbocycles. The van der Waals surface area contributed by atoms with E-state index in [9.17, 15) is 9.59 Å². The lowest BCUT2D eigenvalue weighted by Gasteiger charge is -2.16. The zero-order valence-electron chi connectivity index (χ0n) is 12.9. The number of nitrogens with zero attached hydrogens (tertiary/aromatic N) is 2. The van der Waals surface area contributed by atoms with Crippen molar-refractivity contribution in [3.63, 3.8) is 0 Å². The number of amides is 2. The largest absolute Gasteiger partial charge is 0.354 e. The smallest absolute Gasteiger partial charge is 0.242 e. The molecule has 120 valence electrons. The fraction of sp³-hybridized carbons (Fsp3) is 0.353. The van der Waals surface area contributed by atoms with Crippen LogP contribution in [-0.4, -0.2) is 34.0 Å². The van der Waals surface area contributed by atoms with Gasteiger partial charge in [0, 0.05) is 24.5 Å². The number of nitrogens with one attached hydrogen (secondary N) is 2. The Morgan fingerprint density at radius 1 is 1.30 bits per heavy atom. The standard InChI is InChI=1S/C17H20N4O2/c22-15(20-14-8-4-5-9-19-17(14)23)12-21-11-10-18-16(21)13-6-2-1-3-7-13/h1-3,6-7,10-11,14H,4-5,8-9,12H2,(H,19,23)(H,20,22)/t14-/m0/s1. The normalized spacial score (nSPS) is 18.1. The molecule has 0 bridgehead atoms. The number of hydrogen-bond donors (Lipinski definition) is 2. The molecule has 1 aliphatic heterocycles. The molecule has 1 saturated heterocycles. The number of benzene rings is 1. The second-order valence-electron chi connectivity index (χ2n) is 5.65. The van der Waals surface area contributed by atoms with Crippen LogP contribution in [0.4, 0.5) is 0 Å². The first-order chi connectivity index (χ1) is 11.2. The average Bonchev–Trinajstić information content (AvgIpc) is 2.92. The van der Waals surface area contributed by atoms with Crippen LogP contribution in [0.1, 0.15) is 19.3 Å². The maximum absolute atomic E-state index is 12.3. The van der Waals surface area contributed by atoms with Gasteiger partial charge in [0.05, 0.1) is 0 Å². The van der Waals surface area contributed by atoms with Crippen molar-refractivity contribution in [3.8, 4) is 11.4 Å². The van der Waals surface area contributed by atoms with Crippen LogP contribution in [0.15, 0.2) is 42.7 Å². The summed E-state index contributed by atoms with van der Waals surface area (Å²) in [6.07, 6.45) is 6.03. The Labute approximate surface area is 134 Å². The van der Waals surface area contributed by atoms with Gasteiger partial charge in [-0.05, 0) is 19.3 Å². The molecule has 2 heterocycles. The van der Waals surface area contributed by atoms with Gasteiger partial charge in [0.1, 0.15) is 18.4 Å². The summed E-state index contributed by atoms with van der Waals surface area (Å²) in [5, 5.41) is 5.65. The molecular weight excluding hydrogens is 292 g/mol. The Balaban J connectivity index is 1.67. The highest BCUT2D eigenvalue weighted by atomic mass is 16.2. The predicted molar refractivity (Wildman–Crippen MR) is 86.5 cm³/mol. The molecule has 23 heavy (non-hydrogen) atoms. The highest BCUT2D eigenvalue weighted by molar-refractivity contribution is 5.87. The zero-order valence-corrected chi connectivity index (χ0v) is 12.9. The van der Waals surface area contributed by atoms with E-state index in [0.717, 1.165) is 24.2 Å². The number of imidazole rings is 1. The monoisotopic (exact) mass is 312 g/mol. The Morgan fingerprint density at radius 2 is 2.13 bits per heavy atom. The third-order valence-corrected chi connectivity index (χ3v) is 3.93. The summed E-state index contributed by atoms with van der Waals surface area (Å²) < 4.78 is 1.79. The Morgan fingerprint density at radius 3 is 2.96 bits per heavy atom. The number of aromatic nitrogens is 2. The van der Waals surface area contributed by atoms with Gasteiger partial charge in [0.25, 0.3) is 0 Å². The highest BCUT2D eigenvalue weighted by Crippen LogP contribution is 2.16. The van der Waals surface area contributed by atoms with Crippen LogP contribution in [-0.2, 0) is 16.1 Å². The van der Waals surface area contributed by atoms with Gasteiger partial charge in [-0.3, -0.25) is 9.59 Å². The lowest BCUT2D eigenvalue weighted by atomic mass is 10.1. The van der Waals surface area contributed by atoms with Gasteiger partial charge in [-0.15, -0.1) is 0 Å². The maximum atomic E-state index is 12.3. The van der Waals surface area contributed by atoms with Gasteiger partial charge in [-0.25, -0.2) is 4.98 Å². The molecule has 6 nitrogen and oxygen atoms in total. The van der Waals surface area contributed by atoms with Crippen molar-refractivity contribution in [2.75, 3.05) is 6.54 Å². The lowest BCUT2D eigenvalue weighted by Crippen LogP contribution is -2.46. The summed E-state index contributed by atoms with van der Waals surface area (Å²) in [7, 11) is 0. The molecule has 1 aromatic heterocycles. The van der Waals surface area contributed by atoms with Crippen molar-refractivity contribution in [3.05, 3.63) is 42.7 Å². The van der Waals surface area contributed by atoms with E-state index in [-0.39, 0.29) is 18.4 Å². The van der Waals surface area contributed by atoms with Gasteiger partial charge in [-0.2, -0.15) is 0 Å². The Hall–Kier alpha value is -2.63. The van der Waals surface area contributed by atoms with Crippen molar-refractivity contribution < 1.29 is 9.59 Å². The zero-order chi connectivity index (χ0) is 16.1. The summed E-state index contributed by atoms with van der Waals surface area (Å²) in [5.41, 5.74) is 0.956. The SMILES string of the molecule is O=C(Cn1ccnc1-c1ccccc1)N[C@H]1CCCCNC1=O. The van der Waals surface area contributed by atoms with Crippen molar-refractivity contribution in [1.82, 2.24) is 20.2 Å². The van der Waals surface area contributed by atoms with E-state index in [0.29, 0.717) is 13.0 Å². The second-order valence-corrected chi connectivity index (χ2v) is 5.65. The van der Waals surface area contributed by atoms with E-state index < -0.39 is 6.04 Å². The molecular formula is C17H20N4O2. The molecule has 1 atom stereocenters. The van der Waals surface area contributed by atoms with Crippen LogP contribution >= 0.6 is 0 Å². The van der Waals surface area contributed by atoms with Crippen molar-refractivity contribution in [1.29, 1.82) is 0 Å². The van der Waals surface area contributed by atoms with E-state index in [2.05, 4.69) is 15.6 Å². The van der Waals surface area contributed by atoms with Gasteiger partial charge >= 0.3 is 0 Å². The summed E-state index contributed by atoms with van der Waals surface area (Å²) in [5.74, 6) is 0.470. The van der Waals surface area contributed by atoms with E-state index in [4.69, 9.17) is 0 Å². The number of rotatable bonds is 4. The van der Waals surface area contributed by atoms with E-state index >= 15 is 0 Å². The number of hydrogen-bond acceptors (Lipinski definition) is 3. The van der Waals surface area contributed by atoms with Crippen molar-refractivity contribution >= 4 is 11.8 Å². The van der Waals surface area contributed by atoms with E-state index in [1.807, 2.05) is 30.3 Å². The lowest BCUT2D eigenvalue weighted by molar-refractivity contribution is -0.129. The first-order valence-corrected chi connectivity index (χ1v) is 7.87. The van der Waals surface area contributed by atoms with Gasteiger partial charge < -0.3 is 15.2 Å². The summed E-state index contributed by atoms with van der Waals surface area (Å²) in [6.45, 7) is 0.832. The van der Waals surface area contributed by atoms with E-state index in [1.54, 1.807) is 17.0 Å². The molecule has 2 aromatic rings. The first-order valence-electron chi connectivity index (χ1n) is 7.87. The van der Waals surface area contributed by atoms with Gasteiger partial charge in [0.15, 0.2) is 0 Å². The molecule has 0 spiro atoms. The summed E-state index contributed by atoms with van der Waals surface area (Å²) in [6, 6.07) is 9.28. The molecule has 0 saturated carbocycles. The maximum Gasteiger partial charge on any atom is 0.242 e. The molecule has 2 N–H and O–H groups in total. The van der Waals surface area contributed by atoms with Crippen molar-refractivity contribution in [2.45, 2.75) is 31.8 Å². The summed E-state index contributed by atoms with van der Waals surface area (Å²) in [4.78, 5) is 28.5. The molecule has 6 heteroatoms. The van der Waals surface area contributed by atoms with Crippen molar-refractivity contribution in [2.24, 2.45) is 0 Å². The third-order valence-electron chi connectivity index (χ3n) is 3.93. The summed E-state index contributed by atoms with van der Waals surface area (Å²) >= 11 is 0. The molecule has 0 radical (unpaired) electrons. The fourth-order valence-corrected chi connectivity index (χ4v) is 2.76. The quantitative estimate of drug-likeness (QED) is 0.894. The highest BCUT2D eigenvalue weighted by Gasteiger charge is 2.22. The molecule has 1 aliphatic rings. The first kappa shape index (κ1) is 15.3. The second kappa shape index (κ2) is 7.09. The molecule has 2 amide bonds. The van der Waals surface area contributed by atoms with Gasteiger partial charge in [-0.1, -0.05) is 30.3 Å². The van der Waals surface area contributed by atoms with Crippen LogP contribution in [0.5, 0.6) is 0 Å². The minimum atomic E-state index is -0.436. The minimum absolute atomic E-state index is 0.0928. The number of carbonyl (C=O) groups excluding carboxylic acids is 2. The Bertz CT molecular complexity index is 681.